The van der Waals surface area contributed by atoms with Gasteiger partial charge in [0, 0.05) is 10.6 Å². The van der Waals surface area contributed by atoms with E-state index in [2.05, 4.69) is 20.9 Å². The summed E-state index contributed by atoms with van der Waals surface area (Å²) < 4.78 is 6.63. The van der Waals surface area contributed by atoms with Gasteiger partial charge in [-0.15, -0.1) is 0 Å². The third kappa shape index (κ3) is 4.33. The first-order chi connectivity index (χ1) is 12.5. The Balaban J connectivity index is 1.96. The van der Waals surface area contributed by atoms with E-state index < -0.39 is 0 Å². The number of halogens is 2. The third-order valence-corrected chi connectivity index (χ3v) is 4.43. The lowest BCUT2D eigenvalue weighted by Crippen LogP contribution is -2.36. The minimum absolute atomic E-state index is 0.138. The van der Waals surface area contributed by atoms with Crippen molar-refractivity contribution in [3.05, 3.63) is 81.9 Å². The summed E-state index contributed by atoms with van der Waals surface area (Å²) in [5.41, 5.74) is 6.51. The number of hydrogen-bond donors (Lipinski definition) is 2. The van der Waals surface area contributed by atoms with E-state index in [1.165, 1.54) is 0 Å². The first-order valence-corrected chi connectivity index (χ1v) is 8.96. The van der Waals surface area contributed by atoms with Gasteiger partial charge in [0.15, 0.2) is 5.96 Å². The standard InChI is InChI=1S/C19H16BrClN4O/c20-17-10-5-11-18(24-17)25(19(22)23)12-14-15(21)8-4-9-16(14)26-13-6-2-1-3-7-13/h1-11H,12H2,(H3,22,23). The molecule has 0 spiro atoms. The fraction of sp³-hybridized carbons (Fsp3) is 0.0526. The van der Waals surface area contributed by atoms with E-state index in [1.807, 2.05) is 48.5 Å². The van der Waals surface area contributed by atoms with Crippen LogP contribution < -0.4 is 15.4 Å². The zero-order chi connectivity index (χ0) is 18.5. The van der Waals surface area contributed by atoms with Crippen molar-refractivity contribution in [3.8, 4) is 11.5 Å². The third-order valence-electron chi connectivity index (χ3n) is 3.63. The van der Waals surface area contributed by atoms with Crippen molar-refractivity contribution in [2.75, 3.05) is 4.90 Å². The summed E-state index contributed by atoms with van der Waals surface area (Å²) in [6.07, 6.45) is 0. The normalized spacial score (nSPS) is 10.4. The highest BCUT2D eigenvalue weighted by atomic mass is 79.9. The molecule has 132 valence electrons. The molecule has 0 radical (unpaired) electrons. The highest BCUT2D eigenvalue weighted by Gasteiger charge is 2.18. The number of para-hydroxylation sites is 1. The number of ether oxygens (including phenoxy) is 1. The van der Waals surface area contributed by atoms with Gasteiger partial charge in [0.25, 0.3) is 0 Å². The molecule has 3 rings (SSSR count). The molecule has 0 fully saturated rings. The van der Waals surface area contributed by atoms with E-state index >= 15 is 0 Å². The van der Waals surface area contributed by atoms with Gasteiger partial charge in [0.05, 0.1) is 6.54 Å². The van der Waals surface area contributed by atoms with Crippen LogP contribution in [0.1, 0.15) is 5.56 Å². The van der Waals surface area contributed by atoms with Crippen LogP contribution in [0.15, 0.2) is 71.3 Å². The average molecular weight is 432 g/mol. The van der Waals surface area contributed by atoms with Crippen molar-refractivity contribution in [2.24, 2.45) is 5.73 Å². The maximum Gasteiger partial charge on any atom is 0.194 e. The molecule has 0 aliphatic rings. The molecule has 0 saturated carbocycles. The molecule has 1 heterocycles. The van der Waals surface area contributed by atoms with Gasteiger partial charge in [0.2, 0.25) is 0 Å². The van der Waals surface area contributed by atoms with Gasteiger partial charge in [-0.25, -0.2) is 4.98 Å². The number of aromatic nitrogens is 1. The van der Waals surface area contributed by atoms with E-state index in [0.717, 1.165) is 5.56 Å². The fourth-order valence-electron chi connectivity index (χ4n) is 2.40. The monoisotopic (exact) mass is 430 g/mol. The molecule has 26 heavy (non-hydrogen) atoms. The van der Waals surface area contributed by atoms with Crippen molar-refractivity contribution in [1.82, 2.24) is 4.98 Å². The Morgan fingerprint density at radius 3 is 2.50 bits per heavy atom. The highest BCUT2D eigenvalue weighted by Crippen LogP contribution is 2.32. The molecule has 3 aromatic rings. The Bertz CT molecular complexity index is 920. The molecule has 0 bridgehead atoms. The van der Waals surface area contributed by atoms with Crippen molar-refractivity contribution < 1.29 is 4.74 Å². The lowest BCUT2D eigenvalue weighted by Gasteiger charge is -2.23. The first-order valence-electron chi connectivity index (χ1n) is 7.79. The summed E-state index contributed by atoms with van der Waals surface area (Å²) in [5, 5.41) is 8.46. The summed E-state index contributed by atoms with van der Waals surface area (Å²) in [7, 11) is 0. The number of hydrogen-bond acceptors (Lipinski definition) is 3. The van der Waals surface area contributed by atoms with Crippen LogP contribution in [0.4, 0.5) is 5.82 Å². The highest BCUT2D eigenvalue weighted by molar-refractivity contribution is 9.10. The van der Waals surface area contributed by atoms with Crippen LogP contribution >= 0.6 is 27.5 Å². The second-order valence-corrected chi connectivity index (χ2v) is 6.64. The van der Waals surface area contributed by atoms with Gasteiger partial charge in [0.1, 0.15) is 21.9 Å². The molecule has 5 nitrogen and oxygen atoms in total. The summed E-state index contributed by atoms with van der Waals surface area (Å²) in [6, 6.07) is 20.3. The number of anilines is 1. The summed E-state index contributed by atoms with van der Waals surface area (Å²) in [5.74, 6) is 1.70. The van der Waals surface area contributed by atoms with Crippen molar-refractivity contribution in [3.63, 3.8) is 0 Å². The summed E-state index contributed by atoms with van der Waals surface area (Å²) >= 11 is 9.75. The first kappa shape index (κ1) is 18.2. The van der Waals surface area contributed by atoms with Crippen LogP contribution in [0.3, 0.4) is 0 Å². The Morgan fingerprint density at radius 2 is 1.81 bits per heavy atom. The van der Waals surface area contributed by atoms with Crippen LogP contribution in [-0.4, -0.2) is 10.9 Å². The Hall–Kier alpha value is -2.57. The smallest absolute Gasteiger partial charge is 0.194 e. The molecule has 0 atom stereocenters. The van der Waals surface area contributed by atoms with Gasteiger partial charge < -0.3 is 10.5 Å². The topological polar surface area (TPSA) is 75.2 Å². The fourth-order valence-corrected chi connectivity index (χ4v) is 2.96. The summed E-state index contributed by atoms with van der Waals surface area (Å²) in [6.45, 7) is 0.251. The number of nitrogens with one attached hydrogen (secondary N) is 1. The number of benzene rings is 2. The largest absolute Gasteiger partial charge is 0.457 e. The quantitative estimate of drug-likeness (QED) is 0.331. The van der Waals surface area contributed by atoms with Gasteiger partial charge in [-0.1, -0.05) is 41.9 Å². The molecule has 3 N–H and O–H groups in total. The zero-order valence-corrected chi connectivity index (χ0v) is 16.0. The minimum atomic E-state index is -0.138. The van der Waals surface area contributed by atoms with Gasteiger partial charge >= 0.3 is 0 Å². The van der Waals surface area contributed by atoms with Gasteiger partial charge in [-0.3, -0.25) is 10.3 Å². The molecule has 0 saturated heterocycles. The molecule has 2 aromatic carbocycles. The number of guanidine groups is 1. The molecule has 0 aliphatic heterocycles. The molecule has 7 heteroatoms. The molecule has 0 unspecified atom stereocenters. The Morgan fingerprint density at radius 1 is 1.08 bits per heavy atom. The molecular weight excluding hydrogens is 416 g/mol. The maximum atomic E-state index is 7.94. The predicted octanol–water partition coefficient (Wildman–Crippen LogP) is 5.19. The van der Waals surface area contributed by atoms with E-state index in [4.69, 9.17) is 27.5 Å². The molecule has 0 aliphatic carbocycles. The van der Waals surface area contributed by atoms with Gasteiger partial charge in [-0.05, 0) is 52.3 Å². The molecular formula is C19H16BrClN4O. The van der Waals surface area contributed by atoms with E-state index in [9.17, 15) is 0 Å². The van der Waals surface area contributed by atoms with E-state index in [-0.39, 0.29) is 12.5 Å². The van der Waals surface area contributed by atoms with Crippen LogP contribution in [0.5, 0.6) is 11.5 Å². The van der Waals surface area contributed by atoms with Crippen molar-refractivity contribution in [1.29, 1.82) is 5.41 Å². The Labute approximate surface area is 165 Å². The number of pyridine rings is 1. The van der Waals surface area contributed by atoms with Crippen molar-refractivity contribution in [2.45, 2.75) is 6.54 Å². The van der Waals surface area contributed by atoms with Gasteiger partial charge in [-0.2, -0.15) is 0 Å². The van der Waals surface area contributed by atoms with E-state index in [0.29, 0.717) is 26.9 Å². The lowest BCUT2D eigenvalue weighted by atomic mass is 10.2. The van der Waals surface area contributed by atoms with Crippen LogP contribution in [0.25, 0.3) is 0 Å². The lowest BCUT2D eigenvalue weighted by molar-refractivity contribution is 0.476. The second-order valence-electron chi connectivity index (χ2n) is 5.42. The SMILES string of the molecule is N=C(N)N(Cc1c(Cl)cccc1Oc1ccccc1)c1cccc(Br)n1. The number of nitrogens with two attached hydrogens (primary N) is 1. The van der Waals surface area contributed by atoms with E-state index in [1.54, 1.807) is 23.1 Å². The van der Waals surface area contributed by atoms with Crippen LogP contribution in [0, 0.1) is 5.41 Å². The predicted molar refractivity (Wildman–Crippen MR) is 108 cm³/mol. The maximum absolute atomic E-state index is 7.94. The van der Waals surface area contributed by atoms with Crippen molar-refractivity contribution >= 4 is 39.3 Å². The minimum Gasteiger partial charge on any atom is -0.457 e. The Kier molecular flexibility index (Phi) is 5.75. The zero-order valence-electron chi connectivity index (χ0n) is 13.7. The second kappa shape index (κ2) is 8.21. The number of rotatable bonds is 5. The molecule has 0 amide bonds. The summed E-state index contributed by atoms with van der Waals surface area (Å²) in [4.78, 5) is 5.93. The average Bonchev–Trinajstić information content (AvgIpc) is 2.62. The number of nitrogens with zero attached hydrogens (tertiary/aromatic N) is 2. The van der Waals surface area contributed by atoms with Crippen LogP contribution in [-0.2, 0) is 6.54 Å². The molecule has 1 aromatic heterocycles. The van der Waals surface area contributed by atoms with Crippen LogP contribution in [0.2, 0.25) is 5.02 Å².